The van der Waals surface area contributed by atoms with Crippen molar-refractivity contribution in [2.45, 2.75) is 19.4 Å². The lowest BCUT2D eigenvalue weighted by atomic mass is 9.92. The maximum Gasteiger partial charge on any atom is 0.346 e. The highest BCUT2D eigenvalue weighted by Crippen LogP contribution is 2.30. The quantitative estimate of drug-likeness (QED) is 0.690. The lowest BCUT2D eigenvalue weighted by Gasteiger charge is -2.21. The molecule has 1 atom stereocenters. The fraction of sp³-hybridized carbons (Fsp3) is 0.235. The number of rotatable bonds is 4. The van der Waals surface area contributed by atoms with Crippen molar-refractivity contribution in [3.8, 4) is 5.75 Å². The fourth-order valence-electron chi connectivity index (χ4n) is 2.49. The van der Waals surface area contributed by atoms with Gasteiger partial charge in [-0.05, 0) is 43.7 Å². The Morgan fingerprint density at radius 2 is 1.92 bits per heavy atom. The lowest BCUT2D eigenvalue weighted by Crippen LogP contribution is -2.40. The zero-order valence-electron chi connectivity index (χ0n) is 13.6. The van der Waals surface area contributed by atoms with Crippen LogP contribution in [-0.2, 0) is 10.3 Å². The van der Waals surface area contributed by atoms with Crippen molar-refractivity contribution >= 4 is 18.2 Å². The molecule has 0 saturated carbocycles. The van der Waals surface area contributed by atoms with Crippen LogP contribution < -0.4 is 10.1 Å². The maximum atomic E-state index is 12.7. The minimum absolute atomic E-state index is 0.461. The van der Waals surface area contributed by atoms with Crippen molar-refractivity contribution in [3.63, 3.8) is 0 Å². The van der Waals surface area contributed by atoms with Crippen LogP contribution in [0.15, 0.2) is 45.9 Å². The predicted octanol–water partition coefficient (Wildman–Crippen LogP) is 2.40. The van der Waals surface area contributed by atoms with Gasteiger partial charge in [-0.25, -0.2) is 4.79 Å². The molecule has 0 aliphatic carbocycles. The number of aryl methyl sites for hydroxylation is 1. The van der Waals surface area contributed by atoms with Crippen LogP contribution in [0, 0.1) is 6.92 Å². The molecule has 1 fully saturated rings. The Morgan fingerprint density at radius 3 is 2.50 bits per heavy atom. The Bertz CT molecular complexity index is 809. The van der Waals surface area contributed by atoms with Crippen LogP contribution in [0.4, 0.5) is 4.79 Å². The van der Waals surface area contributed by atoms with Gasteiger partial charge in [0, 0.05) is 0 Å². The number of amides is 3. The maximum absolute atomic E-state index is 12.7. The highest BCUT2D eigenvalue weighted by Gasteiger charge is 2.49. The number of nitrogens with one attached hydrogen (secondary N) is 1. The zero-order chi connectivity index (χ0) is 17.3. The number of hydrogen-bond acceptors (Lipinski definition) is 5. The van der Waals surface area contributed by atoms with E-state index in [1.54, 1.807) is 57.4 Å². The molecule has 2 heterocycles. The van der Waals surface area contributed by atoms with Crippen LogP contribution in [-0.4, -0.2) is 30.3 Å². The van der Waals surface area contributed by atoms with Crippen molar-refractivity contribution in [1.82, 2.24) is 10.3 Å². The molecule has 1 N–H and O–H groups in total. The first-order chi connectivity index (χ1) is 11.4. The van der Waals surface area contributed by atoms with E-state index >= 15 is 0 Å². The van der Waals surface area contributed by atoms with E-state index in [1.807, 2.05) is 0 Å². The van der Waals surface area contributed by atoms with Crippen LogP contribution in [0.25, 0.3) is 0 Å². The van der Waals surface area contributed by atoms with Gasteiger partial charge in [0.1, 0.15) is 22.8 Å². The van der Waals surface area contributed by atoms with E-state index in [-0.39, 0.29) is 0 Å². The molecule has 7 heteroatoms. The number of benzene rings is 1. The van der Waals surface area contributed by atoms with Crippen molar-refractivity contribution < 1.29 is 18.7 Å². The lowest BCUT2D eigenvalue weighted by molar-refractivity contribution is -0.131. The average molecular weight is 327 g/mol. The molecule has 3 amide bonds. The number of furan rings is 1. The number of imide groups is 1. The van der Waals surface area contributed by atoms with Crippen molar-refractivity contribution in [1.29, 1.82) is 0 Å². The summed E-state index contributed by atoms with van der Waals surface area (Å²) >= 11 is 0. The summed E-state index contributed by atoms with van der Waals surface area (Å²) in [5, 5.41) is 7.44. The van der Waals surface area contributed by atoms with E-state index in [0.717, 1.165) is 10.8 Å². The van der Waals surface area contributed by atoms with Crippen LogP contribution in [0.5, 0.6) is 5.75 Å². The van der Waals surface area contributed by atoms with E-state index in [2.05, 4.69) is 10.4 Å². The van der Waals surface area contributed by atoms with E-state index < -0.39 is 17.5 Å². The third-order valence-corrected chi connectivity index (χ3v) is 3.90. The van der Waals surface area contributed by atoms with Crippen LogP contribution in [0.2, 0.25) is 0 Å². The van der Waals surface area contributed by atoms with Gasteiger partial charge in [-0.3, -0.25) is 4.79 Å². The first kappa shape index (κ1) is 15.8. The van der Waals surface area contributed by atoms with Gasteiger partial charge in [0.05, 0.1) is 13.3 Å². The number of ether oxygens (including phenoxy) is 1. The number of methoxy groups -OCH3 is 1. The Kier molecular flexibility index (Phi) is 3.84. The number of hydrazone groups is 1. The van der Waals surface area contributed by atoms with E-state index in [1.165, 1.54) is 6.21 Å². The summed E-state index contributed by atoms with van der Waals surface area (Å²) in [5.74, 6) is 1.39. The van der Waals surface area contributed by atoms with Gasteiger partial charge in [-0.15, -0.1) is 5.01 Å². The second-order valence-corrected chi connectivity index (χ2v) is 5.59. The van der Waals surface area contributed by atoms with Crippen LogP contribution in [0.3, 0.4) is 0 Å². The van der Waals surface area contributed by atoms with Gasteiger partial charge in [-0.1, -0.05) is 12.1 Å². The Morgan fingerprint density at radius 1 is 1.21 bits per heavy atom. The molecular weight excluding hydrogens is 310 g/mol. The smallest absolute Gasteiger partial charge is 0.346 e. The van der Waals surface area contributed by atoms with Gasteiger partial charge in [-0.2, -0.15) is 5.10 Å². The summed E-state index contributed by atoms with van der Waals surface area (Å²) in [5.41, 5.74) is -0.534. The average Bonchev–Trinajstić information content (AvgIpc) is 3.08. The molecule has 24 heavy (non-hydrogen) atoms. The molecule has 0 radical (unpaired) electrons. The molecule has 2 aromatic rings. The molecular formula is C17H17N3O4. The highest BCUT2D eigenvalue weighted by molar-refractivity contribution is 6.07. The minimum Gasteiger partial charge on any atom is -0.497 e. The normalized spacial score (nSPS) is 20.7. The summed E-state index contributed by atoms with van der Waals surface area (Å²) < 4.78 is 10.4. The standard InChI is InChI=1S/C17H17N3O4/c1-11-4-7-14(24-11)10-18-20-15(21)17(2,19-16(20)22)12-5-8-13(23-3)9-6-12/h4-10H,1-3H3,(H,19,22). The minimum atomic E-state index is -1.18. The molecule has 1 aromatic carbocycles. The van der Waals surface area contributed by atoms with Gasteiger partial charge < -0.3 is 14.5 Å². The second kappa shape index (κ2) is 5.84. The van der Waals surface area contributed by atoms with Crippen LogP contribution in [0.1, 0.15) is 24.0 Å². The van der Waals surface area contributed by atoms with Gasteiger partial charge in [0.2, 0.25) is 0 Å². The SMILES string of the molecule is COc1ccc(C2(C)NC(=O)N(N=Cc3ccc(C)o3)C2=O)cc1. The number of carbonyl (C=O) groups excluding carboxylic acids is 2. The van der Waals surface area contributed by atoms with Crippen molar-refractivity contribution in [3.05, 3.63) is 53.5 Å². The molecule has 1 aromatic heterocycles. The first-order valence-electron chi connectivity index (χ1n) is 7.36. The molecule has 124 valence electrons. The van der Waals surface area contributed by atoms with Gasteiger partial charge in [0.15, 0.2) is 0 Å². The Balaban J connectivity index is 1.85. The molecule has 3 rings (SSSR count). The monoisotopic (exact) mass is 327 g/mol. The molecule has 0 bridgehead atoms. The summed E-state index contributed by atoms with van der Waals surface area (Å²) in [6.07, 6.45) is 1.34. The first-order valence-corrected chi connectivity index (χ1v) is 7.36. The van der Waals surface area contributed by atoms with Gasteiger partial charge in [0.25, 0.3) is 5.91 Å². The molecule has 1 aliphatic rings. The third-order valence-electron chi connectivity index (χ3n) is 3.90. The number of carbonyl (C=O) groups is 2. The zero-order valence-corrected chi connectivity index (χ0v) is 13.6. The largest absolute Gasteiger partial charge is 0.497 e. The summed E-state index contributed by atoms with van der Waals surface area (Å²) in [6.45, 7) is 3.44. The number of nitrogens with zero attached hydrogens (tertiary/aromatic N) is 2. The molecule has 7 nitrogen and oxygen atoms in total. The third kappa shape index (κ3) is 2.64. The highest BCUT2D eigenvalue weighted by atomic mass is 16.5. The number of urea groups is 1. The van der Waals surface area contributed by atoms with E-state index in [0.29, 0.717) is 17.1 Å². The summed E-state index contributed by atoms with van der Waals surface area (Å²) in [6, 6.07) is 9.84. The van der Waals surface area contributed by atoms with Gasteiger partial charge >= 0.3 is 6.03 Å². The van der Waals surface area contributed by atoms with Crippen LogP contribution >= 0.6 is 0 Å². The molecule has 1 unspecified atom stereocenters. The molecule has 1 aliphatic heterocycles. The Labute approximate surface area is 138 Å². The predicted molar refractivity (Wildman–Crippen MR) is 86.8 cm³/mol. The number of hydrogen-bond donors (Lipinski definition) is 1. The van der Waals surface area contributed by atoms with Crippen molar-refractivity contribution in [2.75, 3.05) is 7.11 Å². The summed E-state index contributed by atoms with van der Waals surface area (Å²) in [7, 11) is 1.56. The summed E-state index contributed by atoms with van der Waals surface area (Å²) in [4.78, 5) is 24.8. The molecule has 0 spiro atoms. The molecule has 1 saturated heterocycles. The van der Waals surface area contributed by atoms with Crippen molar-refractivity contribution in [2.24, 2.45) is 5.10 Å². The topological polar surface area (TPSA) is 84.1 Å². The van der Waals surface area contributed by atoms with E-state index in [4.69, 9.17) is 9.15 Å². The fourth-order valence-corrected chi connectivity index (χ4v) is 2.49. The second-order valence-electron chi connectivity index (χ2n) is 5.59. The Hall–Kier alpha value is -3.09. The van der Waals surface area contributed by atoms with E-state index in [9.17, 15) is 9.59 Å².